The number of morpholine rings is 1. The van der Waals surface area contributed by atoms with Gasteiger partial charge in [-0.1, -0.05) is 19.3 Å². The van der Waals surface area contributed by atoms with Crippen LogP contribution in [0.25, 0.3) is 11.0 Å². The molecule has 4 rings (SSSR count). The van der Waals surface area contributed by atoms with Crippen molar-refractivity contribution < 1.29 is 4.74 Å². The van der Waals surface area contributed by atoms with Gasteiger partial charge in [0.2, 0.25) is 5.95 Å². The van der Waals surface area contributed by atoms with Gasteiger partial charge in [0.25, 0.3) is 0 Å². The molecule has 0 radical (unpaired) electrons. The largest absolute Gasteiger partial charge is 0.375 e. The number of rotatable bonds is 3. The summed E-state index contributed by atoms with van der Waals surface area (Å²) >= 11 is 0. The lowest BCUT2D eigenvalue weighted by molar-refractivity contribution is 0.0530. The molecule has 2 aromatic rings. The molecule has 0 aromatic carbocycles. The first-order chi connectivity index (χ1) is 11.3. The maximum absolute atomic E-state index is 5.60. The molecule has 0 bridgehead atoms. The van der Waals surface area contributed by atoms with Gasteiger partial charge in [0.05, 0.1) is 18.1 Å². The van der Waals surface area contributed by atoms with E-state index in [1.54, 1.807) is 0 Å². The summed E-state index contributed by atoms with van der Waals surface area (Å²) < 4.78 is 5.60. The molecule has 0 unspecified atom stereocenters. The summed E-state index contributed by atoms with van der Waals surface area (Å²) in [6, 6.07) is 0.503. The highest BCUT2D eigenvalue weighted by Crippen LogP contribution is 2.25. The molecule has 2 fully saturated rings. The van der Waals surface area contributed by atoms with Gasteiger partial charge < -0.3 is 15.0 Å². The maximum atomic E-state index is 5.60. The van der Waals surface area contributed by atoms with E-state index in [1.807, 2.05) is 6.20 Å². The van der Waals surface area contributed by atoms with Crippen molar-refractivity contribution in [1.29, 1.82) is 0 Å². The Labute approximate surface area is 135 Å². The van der Waals surface area contributed by atoms with Crippen molar-refractivity contribution in [3.05, 3.63) is 6.20 Å². The van der Waals surface area contributed by atoms with Crippen LogP contribution in [-0.2, 0) is 4.74 Å². The summed E-state index contributed by atoms with van der Waals surface area (Å²) in [5.74, 6) is 1.63. The average Bonchev–Trinajstić information content (AvgIpc) is 2.99. The Bertz CT molecular complexity index is 666. The van der Waals surface area contributed by atoms with E-state index in [0.29, 0.717) is 12.0 Å². The first-order valence-corrected chi connectivity index (χ1v) is 8.64. The first-order valence-electron chi connectivity index (χ1n) is 8.64. The van der Waals surface area contributed by atoms with Crippen LogP contribution in [0.5, 0.6) is 0 Å². The number of fused-ring (bicyclic) bond motifs is 1. The molecule has 1 aliphatic heterocycles. The Kier molecular flexibility index (Phi) is 4.03. The average molecular weight is 316 g/mol. The van der Waals surface area contributed by atoms with Gasteiger partial charge in [-0.15, -0.1) is 0 Å². The monoisotopic (exact) mass is 316 g/mol. The fourth-order valence-electron chi connectivity index (χ4n) is 3.55. The lowest BCUT2D eigenvalue weighted by Gasteiger charge is -2.31. The van der Waals surface area contributed by atoms with Gasteiger partial charge in [0.1, 0.15) is 0 Å². The molecule has 1 saturated heterocycles. The molecule has 0 amide bonds. The van der Waals surface area contributed by atoms with Crippen molar-refractivity contribution in [3.8, 4) is 0 Å². The number of hydrogen-bond acceptors (Lipinski definition) is 6. The van der Waals surface area contributed by atoms with Crippen molar-refractivity contribution in [2.75, 3.05) is 29.9 Å². The van der Waals surface area contributed by atoms with Gasteiger partial charge in [0, 0.05) is 25.3 Å². The van der Waals surface area contributed by atoms with Crippen LogP contribution < -0.4 is 10.2 Å². The number of aromatic nitrogens is 4. The Hall–Kier alpha value is -1.89. The molecule has 1 aliphatic carbocycles. The fourth-order valence-corrected chi connectivity index (χ4v) is 3.55. The Morgan fingerprint density at radius 1 is 1.30 bits per heavy atom. The Morgan fingerprint density at radius 2 is 2.17 bits per heavy atom. The van der Waals surface area contributed by atoms with Gasteiger partial charge in [-0.05, 0) is 19.8 Å². The molecule has 124 valence electrons. The van der Waals surface area contributed by atoms with Crippen LogP contribution in [0.1, 0.15) is 39.0 Å². The van der Waals surface area contributed by atoms with E-state index in [1.165, 1.54) is 32.1 Å². The van der Waals surface area contributed by atoms with E-state index in [-0.39, 0.29) is 6.10 Å². The number of nitrogens with zero attached hydrogens (tertiary/aromatic N) is 4. The molecule has 7 heteroatoms. The van der Waals surface area contributed by atoms with E-state index in [9.17, 15) is 0 Å². The number of hydrogen-bond donors (Lipinski definition) is 2. The van der Waals surface area contributed by atoms with Gasteiger partial charge >= 0.3 is 0 Å². The van der Waals surface area contributed by atoms with E-state index in [0.717, 1.165) is 36.5 Å². The maximum Gasteiger partial charge on any atom is 0.224 e. The topological polar surface area (TPSA) is 79.0 Å². The standard InChI is InChI=1S/C16H24N6O/c1-11-10-22(7-8-23-11)15-13-9-17-16(19-14(13)20-21-15)18-12-5-3-2-4-6-12/h9,11-12H,2-8,10H2,1H3,(H2,17,18,19,20,21)/t11-/m1/s1. The lowest BCUT2D eigenvalue weighted by Crippen LogP contribution is -2.41. The van der Waals surface area contributed by atoms with Crippen LogP contribution in [0.4, 0.5) is 11.8 Å². The van der Waals surface area contributed by atoms with E-state index >= 15 is 0 Å². The van der Waals surface area contributed by atoms with Crippen molar-refractivity contribution in [1.82, 2.24) is 20.2 Å². The summed E-state index contributed by atoms with van der Waals surface area (Å²) in [4.78, 5) is 11.4. The zero-order valence-corrected chi connectivity index (χ0v) is 13.6. The Morgan fingerprint density at radius 3 is 3.00 bits per heavy atom. The summed E-state index contributed by atoms with van der Waals surface area (Å²) in [7, 11) is 0. The molecule has 2 aromatic heterocycles. The van der Waals surface area contributed by atoms with Crippen LogP contribution >= 0.6 is 0 Å². The van der Waals surface area contributed by atoms with Gasteiger partial charge in [-0.2, -0.15) is 10.1 Å². The smallest absolute Gasteiger partial charge is 0.224 e. The lowest BCUT2D eigenvalue weighted by atomic mass is 9.96. The SMILES string of the molecule is C[C@@H]1CN(c2n[nH]c3nc(NC4CCCCC4)ncc23)CCO1. The number of ether oxygens (including phenoxy) is 1. The van der Waals surface area contributed by atoms with E-state index in [2.05, 4.69) is 37.3 Å². The molecule has 7 nitrogen and oxygen atoms in total. The van der Waals surface area contributed by atoms with Crippen LogP contribution in [0.15, 0.2) is 6.20 Å². The molecule has 2 N–H and O–H groups in total. The van der Waals surface area contributed by atoms with Gasteiger partial charge in [-0.3, -0.25) is 5.10 Å². The molecule has 1 atom stereocenters. The number of nitrogens with one attached hydrogen (secondary N) is 2. The predicted molar refractivity (Wildman–Crippen MR) is 89.8 cm³/mol. The second-order valence-electron chi connectivity index (χ2n) is 6.61. The molecule has 0 spiro atoms. The Balaban J connectivity index is 1.53. The van der Waals surface area contributed by atoms with Gasteiger partial charge in [0.15, 0.2) is 11.5 Å². The third kappa shape index (κ3) is 3.10. The van der Waals surface area contributed by atoms with Crippen molar-refractivity contribution >= 4 is 22.8 Å². The minimum atomic E-state index is 0.226. The third-order valence-electron chi connectivity index (χ3n) is 4.78. The van der Waals surface area contributed by atoms with E-state index in [4.69, 9.17) is 4.74 Å². The summed E-state index contributed by atoms with van der Waals surface area (Å²) in [6.07, 6.45) is 8.46. The number of anilines is 2. The minimum Gasteiger partial charge on any atom is -0.375 e. The van der Waals surface area contributed by atoms with Crippen molar-refractivity contribution in [3.63, 3.8) is 0 Å². The minimum absolute atomic E-state index is 0.226. The van der Waals surface area contributed by atoms with E-state index < -0.39 is 0 Å². The van der Waals surface area contributed by atoms with Crippen LogP contribution in [-0.4, -0.2) is 52.0 Å². The van der Waals surface area contributed by atoms with Gasteiger partial charge in [-0.25, -0.2) is 4.98 Å². The highest BCUT2D eigenvalue weighted by atomic mass is 16.5. The van der Waals surface area contributed by atoms with Crippen LogP contribution in [0.3, 0.4) is 0 Å². The summed E-state index contributed by atoms with van der Waals surface area (Å²) in [5.41, 5.74) is 0.799. The molecule has 23 heavy (non-hydrogen) atoms. The molecule has 3 heterocycles. The van der Waals surface area contributed by atoms with Crippen molar-refractivity contribution in [2.24, 2.45) is 0 Å². The number of aromatic amines is 1. The highest BCUT2D eigenvalue weighted by Gasteiger charge is 2.22. The highest BCUT2D eigenvalue weighted by molar-refractivity contribution is 5.87. The summed E-state index contributed by atoms with van der Waals surface area (Å²) in [5, 5.41) is 12.0. The molecular formula is C16H24N6O. The fraction of sp³-hybridized carbons (Fsp3) is 0.688. The first kappa shape index (κ1) is 14.7. The summed E-state index contributed by atoms with van der Waals surface area (Å²) in [6.45, 7) is 4.52. The molecule has 1 saturated carbocycles. The molecule has 2 aliphatic rings. The quantitative estimate of drug-likeness (QED) is 0.905. The number of H-pyrrole nitrogens is 1. The predicted octanol–water partition coefficient (Wildman–Crippen LogP) is 2.32. The zero-order valence-electron chi connectivity index (χ0n) is 13.6. The third-order valence-corrected chi connectivity index (χ3v) is 4.78. The molecular weight excluding hydrogens is 292 g/mol. The van der Waals surface area contributed by atoms with Crippen molar-refractivity contribution in [2.45, 2.75) is 51.2 Å². The zero-order chi connectivity index (χ0) is 15.6. The van der Waals surface area contributed by atoms with Crippen LogP contribution in [0, 0.1) is 0 Å². The normalized spacial score (nSPS) is 23.3. The second-order valence-corrected chi connectivity index (χ2v) is 6.61. The second kappa shape index (κ2) is 6.31. The van der Waals surface area contributed by atoms with Crippen LogP contribution in [0.2, 0.25) is 0 Å².